The van der Waals surface area contributed by atoms with Crippen LogP contribution in [0.1, 0.15) is 5.56 Å². The first-order valence-corrected chi connectivity index (χ1v) is 9.68. The topological polar surface area (TPSA) is 106 Å². The Hall–Kier alpha value is -3.07. The molecule has 0 saturated carbocycles. The van der Waals surface area contributed by atoms with E-state index in [0.29, 0.717) is 23.6 Å². The van der Waals surface area contributed by atoms with Crippen molar-refractivity contribution in [2.45, 2.75) is 4.90 Å². The lowest BCUT2D eigenvalue weighted by molar-refractivity contribution is -0.119. The molecule has 3 rings (SSSR count). The van der Waals surface area contributed by atoms with Crippen LogP contribution in [0.5, 0.6) is 11.5 Å². The fourth-order valence-corrected chi connectivity index (χ4v) is 3.76. The summed E-state index contributed by atoms with van der Waals surface area (Å²) in [7, 11) is -2.03. The Bertz CT molecular complexity index is 972. The minimum Gasteiger partial charge on any atom is -0.497 e. The van der Waals surface area contributed by atoms with Crippen LogP contribution in [0, 0.1) is 0 Å². The third-order valence-electron chi connectivity index (χ3n) is 3.78. The lowest BCUT2D eigenvalue weighted by Crippen LogP contribution is -2.31. The Labute approximate surface area is 157 Å². The van der Waals surface area contributed by atoms with Gasteiger partial charge in [0.15, 0.2) is 0 Å². The van der Waals surface area contributed by atoms with E-state index in [1.54, 1.807) is 37.4 Å². The summed E-state index contributed by atoms with van der Waals surface area (Å²) < 4.78 is 37.0. The number of methoxy groups -OCH3 is 1. The second kappa shape index (κ2) is 8.09. The highest BCUT2D eigenvalue weighted by atomic mass is 32.2. The van der Waals surface area contributed by atoms with Crippen LogP contribution in [0.15, 0.2) is 58.4 Å². The monoisotopic (exact) mass is 389 g/mol. The minimum atomic E-state index is -3.60. The van der Waals surface area contributed by atoms with E-state index in [-0.39, 0.29) is 29.8 Å². The summed E-state index contributed by atoms with van der Waals surface area (Å²) in [5, 5.41) is 2.67. The molecule has 1 aliphatic rings. The first-order valence-electron chi connectivity index (χ1n) is 8.20. The lowest BCUT2D eigenvalue weighted by atomic mass is 10.2. The molecule has 2 N–H and O–H groups in total. The number of nitrogens with one attached hydrogen (secondary N) is 2. The molecule has 2 aromatic rings. The molecule has 0 atom stereocenters. The molecule has 0 aliphatic carbocycles. The van der Waals surface area contributed by atoms with E-state index in [4.69, 9.17) is 9.47 Å². The summed E-state index contributed by atoms with van der Waals surface area (Å²) in [5.41, 5.74) is 0.464. The number of benzene rings is 2. The highest BCUT2D eigenvalue weighted by Gasteiger charge is 2.30. The number of hydrogen-bond donors (Lipinski definition) is 2. The van der Waals surface area contributed by atoms with Crippen molar-refractivity contribution in [2.24, 2.45) is 4.99 Å². The van der Waals surface area contributed by atoms with E-state index in [1.165, 1.54) is 6.07 Å². The van der Waals surface area contributed by atoms with Gasteiger partial charge in [-0.15, -0.1) is 0 Å². The number of amides is 1. The minimum absolute atomic E-state index is 0.163. The Kier molecular flexibility index (Phi) is 5.60. The summed E-state index contributed by atoms with van der Waals surface area (Å²) in [4.78, 5) is 16.2. The van der Waals surface area contributed by atoms with E-state index in [2.05, 4.69) is 15.0 Å². The van der Waals surface area contributed by atoms with Crippen LogP contribution >= 0.6 is 0 Å². The van der Waals surface area contributed by atoms with Crippen molar-refractivity contribution in [2.75, 3.05) is 26.8 Å². The zero-order valence-corrected chi connectivity index (χ0v) is 15.5. The van der Waals surface area contributed by atoms with Gasteiger partial charge < -0.3 is 14.8 Å². The molecule has 0 unspecified atom stereocenters. The predicted molar refractivity (Wildman–Crippen MR) is 99.7 cm³/mol. The van der Waals surface area contributed by atoms with Crippen molar-refractivity contribution in [3.05, 3.63) is 54.1 Å². The van der Waals surface area contributed by atoms with E-state index in [9.17, 15) is 13.2 Å². The average Bonchev–Trinajstić information content (AvgIpc) is 2.94. The van der Waals surface area contributed by atoms with Gasteiger partial charge >= 0.3 is 0 Å². The normalized spacial score (nSPS) is 15.7. The van der Waals surface area contributed by atoms with E-state index in [0.717, 1.165) is 0 Å². The van der Waals surface area contributed by atoms with Crippen LogP contribution in [0.3, 0.4) is 0 Å². The van der Waals surface area contributed by atoms with Crippen molar-refractivity contribution in [3.8, 4) is 11.5 Å². The van der Waals surface area contributed by atoms with Crippen LogP contribution in [0.25, 0.3) is 0 Å². The van der Waals surface area contributed by atoms with Crippen LogP contribution in [0.2, 0.25) is 0 Å². The van der Waals surface area contributed by atoms with Crippen molar-refractivity contribution in [1.29, 1.82) is 0 Å². The smallest absolute Gasteiger partial charge is 0.263 e. The molecule has 0 aromatic heterocycles. The van der Waals surface area contributed by atoms with Gasteiger partial charge in [-0.2, -0.15) is 0 Å². The summed E-state index contributed by atoms with van der Waals surface area (Å²) >= 11 is 0. The van der Waals surface area contributed by atoms with E-state index >= 15 is 0 Å². The fourth-order valence-electron chi connectivity index (χ4n) is 2.51. The fraction of sp³-hybridized carbons (Fsp3) is 0.222. The Morgan fingerprint density at radius 3 is 2.74 bits per heavy atom. The SMILES string of the molecule is COc1cccc(OCCNC(=O)CN=C2NS(=O)(=O)c3ccccc32)c1. The van der Waals surface area contributed by atoms with E-state index in [1.807, 2.05) is 12.1 Å². The number of nitrogens with zero attached hydrogens (tertiary/aromatic N) is 1. The predicted octanol–water partition coefficient (Wildman–Crippen LogP) is 0.929. The Morgan fingerprint density at radius 2 is 1.93 bits per heavy atom. The average molecular weight is 389 g/mol. The van der Waals surface area contributed by atoms with Gasteiger partial charge in [-0.05, 0) is 24.3 Å². The van der Waals surface area contributed by atoms with Crippen LogP contribution in [-0.4, -0.2) is 47.0 Å². The maximum Gasteiger partial charge on any atom is 0.263 e. The number of hydrogen-bond acceptors (Lipinski definition) is 6. The second-order valence-corrected chi connectivity index (χ2v) is 7.29. The van der Waals surface area contributed by atoms with Gasteiger partial charge in [-0.3, -0.25) is 14.5 Å². The van der Waals surface area contributed by atoms with Gasteiger partial charge in [0.25, 0.3) is 10.0 Å². The standard InChI is InChI=1S/C18H19N3O5S/c1-25-13-5-4-6-14(11-13)26-10-9-19-17(22)12-20-18-15-7-2-3-8-16(15)27(23,24)21-18/h2-8,11H,9-10,12H2,1H3,(H,19,22)(H,20,21). The van der Waals surface area contributed by atoms with Crippen LogP contribution in [-0.2, 0) is 14.8 Å². The first kappa shape index (κ1) is 18.7. The number of carbonyl (C=O) groups is 1. The lowest BCUT2D eigenvalue weighted by Gasteiger charge is -2.08. The zero-order valence-electron chi connectivity index (χ0n) is 14.6. The number of aliphatic imine (C=N–C) groups is 1. The van der Waals surface area contributed by atoms with Gasteiger partial charge in [0, 0.05) is 11.6 Å². The number of amidine groups is 1. The van der Waals surface area contributed by atoms with Crippen molar-refractivity contribution in [1.82, 2.24) is 10.0 Å². The zero-order chi connectivity index (χ0) is 19.3. The number of carbonyl (C=O) groups excluding carboxylic acids is 1. The Morgan fingerprint density at radius 1 is 1.15 bits per heavy atom. The molecular formula is C18H19N3O5S. The molecule has 1 heterocycles. The van der Waals surface area contributed by atoms with Gasteiger partial charge in [-0.1, -0.05) is 18.2 Å². The molecule has 0 spiro atoms. The number of sulfonamides is 1. The molecule has 0 radical (unpaired) electrons. The third-order valence-corrected chi connectivity index (χ3v) is 5.17. The number of fused-ring (bicyclic) bond motifs is 1. The number of rotatable bonds is 7. The molecule has 0 bridgehead atoms. The van der Waals surface area contributed by atoms with Gasteiger partial charge in [-0.25, -0.2) is 8.42 Å². The molecule has 8 nitrogen and oxygen atoms in total. The highest BCUT2D eigenvalue weighted by molar-refractivity contribution is 7.90. The maximum atomic E-state index is 12.0. The van der Waals surface area contributed by atoms with Crippen LogP contribution in [0.4, 0.5) is 0 Å². The van der Waals surface area contributed by atoms with Crippen LogP contribution < -0.4 is 19.5 Å². The van der Waals surface area contributed by atoms with Gasteiger partial charge in [0.05, 0.1) is 18.6 Å². The van der Waals surface area contributed by atoms with Gasteiger partial charge in [0.1, 0.15) is 30.5 Å². The highest BCUT2D eigenvalue weighted by Crippen LogP contribution is 2.22. The maximum absolute atomic E-state index is 12.0. The molecular weight excluding hydrogens is 370 g/mol. The Balaban J connectivity index is 1.48. The largest absolute Gasteiger partial charge is 0.497 e. The van der Waals surface area contributed by atoms with Crippen molar-refractivity contribution in [3.63, 3.8) is 0 Å². The molecule has 1 aliphatic heterocycles. The molecule has 27 heavy (non-hydrogen) atoms. The molecule has 0 fully saturated rings. The van der Waals surface area contributed by atoms with Crippen molar-refractivity contribution < 1.29 is 22.7 Å². The quantitative estimate of drug-likeness (QED) is 0.685. The number of ether oxygens (including phenoxy) is 2. The third kappa shape index (κ3) is 4.56. The molecule has 2 aromatic carbocycles. The molecule has 9 heteroatoms. The second-order valence-electron chi connectivity index (χ2n) is 5.64. The summed E-state index contributed by atoms with van der Waals surface area (Å²) in [6.07, 6.45) is 0. The van der Waals surface area contributed by atoms with Gasteiger partial charge in [0.2, 0.25) is 5.91 Å². The van der Waals surface area contributed by atoms with E-state index < -0.39 is 10.0 Å². The van der Waals surface area contributed by atoms with Crippen molar-refractivity contribution >= 4 is 21.8 Å². The molecule has 1 amide bonds. The molecule has 142 valence electrons. The summed E-state index contributed by atoms with van der Waals surface area (Å²) in [5.74, 6) is 1.17. The summed E-state index contributed by atoms with van der Waals surface area (Å²) in [6, 6.07) is 13.6. The summed E-state index contributed by atoms with van der Waals surface area (Å²) in [6.45, 7) is 0.388. The molecule has 0 saturated heterocycles. The first-order chi connectivity index (χ1) is 13.0.